The van der Waals surface area contributed by atoms with E-state index in [1.54, 1.807) is 7.11 Å². The SMILES string of the molecule is COc1ccc2cc(C(=O)N3CCN(c4ccccc4Cl)CC3)[nH]c2c1. The third-order valence-corrected chi connectivity index (χ3v) is 5.14. The zero-order chi connectivity index (χ0) is 18.1. The predicted octanol–water partition coefficient (Wildman–Crippen LogP) is 3.79. The number of aromatic amines is 1. The Morgan fingerprint density at radius 3 is 2.58 bits per heavy atom. The smallest absolute Gasteiger partial charge is 0.270 e. The third kappa shape index (κ3) is 3.10. The Kier molecular flexibility index (Phi) is 4.47. The number of nitrogens with zero attached hydrogens (tertiary/aromatic N) is 2. The van der Waals surface area contributed by atoms with Crippen molar-refractivity contribution in [2.75, 3.05) is 38.2 Å². The first kappa shape index (κ1) is 16.8. The van der Waals surface area contributed by atoms with Crippen molar-refractivity contribution in [2.24, 2.45) is 0 Å². The van der Waals surface area contributed by atoms with Crippen LogP contribution in [-0.2, 0) is 0 Å². The minimum absolute atomic E-state index is 0.0268. The summed E-state index contributed by atoms with van der Waals surface area (Å²) in [5.74, 6) is 0.797. The highest BCUT2D eigenvalue weighted by Gasteiger charge is 2.24. The van der Waals surface area contributed by atoms with Gasteiger partial charge in [0.15, 0.2) is 0 Å². The van der Waals surface area contributed by atoms with E-state index in [4.69, 9.17) is 16.3 Å². The highest BCUT2D eigenvalue weighted by Crippen LogP contribution is 2.27. The Hall–Kier alpha value is -2.66. The zero-order valence-corrected chi connectivity index (χ0v) is 15.3. The highest BCUT2D eigenvalue weighted by molar-refractivity contribution is 6.33. The summed E-state index contributed by atoms with van der Waals surface area (Å²) in [5.41, 5.74) is 2.54. The summed E-state index contributed by atoms with van der Waals surface area (Å²) in [5, 5.41) is 1.75. The van der Waals surface area contributed by atoms with Gasteiger partial charge in [-0.1, -0.05) is 23.7 Å². The average molecular weight is 370 g/mol. The van der Waals surface area contributed by atoms with Crippen molar-refractivity contribution in [1.29, 1.82) is 0 Å². The summed E-state index contributed by atoms with van der Waals surface area (Å²) in [6.07, 6.45) is 0. The molecule has 1 saturated heterocycles. The van der Waals surface area contributed by atoms with Crippen LogP contribution in [-0.4, -0.2) is 49.1 Å². The molecule has 1 aliphatic rings. The summed E-state index contributed by atoms with van der Waals surface area (Å²) in [6, 6.07) is 15.5. The maximum atomic E-state index is 12.9. The molecule has 0 saturated carbocycles. The summed E-state index contributed by atoms with van der Waals surface area (Å²) in [4.78, 5) is 20.2. The van der Waals surface area contributed by atoms with Crippen LogP contribution in [0.4, 0.5) is 5.69 Å². The van der Waals surface area contributed by atoms with Crippen LogP contribution in [0.1, 0.15) is 10.5 Å². The van der Waals surface area contributed by atoms with E-state index in [0.29, 0.717) is 18.8 Å². The number of carbonyl (C=O) groups excluding carboxylic acids is 1. The second kappa shape index (κ2) is 6.92. The van der Waals surface area contributed by atoms with Gasteiger partial charge in [0.1, 0.15) is 11.4 Å². The second-order valence-corrected chi connectivity index (χ2v) is 6.77. The van der Waals surface area contributed by atoms with Gasteiger partial charge in [-0.15, -0.1) is 0 Å². The number of hydrogen-bond acceptors (Lipinski definition) is 3. The number of piperazine rings is 1. The zero-order valence-electron chi connectivity index (χ0n) is 14.5. The van der Waals surface area contributed by atoms with E-state index >= 15 is 0 Å². The number of rotatable bonds is 3. The van der Waals surface area contributed by atoms with E-state index in [0.717, 1.165) is 40.5 Å². The number of H-pyrrole nitrogens is 1. The Labute approximate surface area is 157 Å². The molecule has 0 spiro atoms. The normalized spacial score (nSPS) is 14.7. The number of para-hydroxylation sites is 1. The average Bonchev–Trinajstić information content (AvgIpc) is 3.11. The number of anilines is 1. The Morgan fingerprint density at radius 1 is 1.08 bits per heavy atom. The molecule has 0 unspecified atom stereocenters. The molecule has 0 bridgehead atoms. The van der Waals surface area contributed by atoms with Crippen molar-refractivity contribution in [3.05, 3.63) is 59.2 Å². The number of methoxy groups -OCH3 is 1. The first-order valence-corrected chi connectivity index (χ1v) is 8.99. The molecule has 1 aromatic heterocycles. The van der Waals surface area contributed by atoms with E-state index in [2.05, 4.69) is 9.88 Å². The first-order valence-electron chi connectivity index (χ1n) is 8.61. The van der Waals surface area contributed by atoms with Crippen LogP contribution in [0.5, 0.6) is 5.75 Å². The van der Waals surface area contributed by atoms with Crippen LogP contribution in [0.3, 0.4) is 0 Å². The van der Waals surface area contributed by atoms with Gasteiger partial charge in [0.05, 0.1) is 17.8 Å². The molecule has 0 aliphatic carbocycles. The van der Waals surface area contributed by atoms with E-state index in [1.165, 1.54) is 0 Å². The highest BCUT2D eigenvalue weighted by atomic mass is 35.5. The number of amides is 1. The van der Waals surface area contributed by atoms with Crippen LogP contribution in [0.25, 0.3) is 10.9 Å². The Balaban J connectivity index is 1.47. The lowest BCUT2D eigenvalue weighted by Gasteiger charge is -2.36. The standard InChI is InChI=1S/C20H20ClN3O2/c1-26-15-7-6-14-12-18(22-17(14)13-15)20(25)24-10-8-23(9-11-24)19-5-3-2-4-16(19)21/h2-7,12-13,22H,8-11H2,1H3. The molecule has 6 heteroatoms. The monoisotopic (exact) mass is 369 g/mol. The molecule has 0 atom stereocenters. The molecule has 26 heavy (non-hydrogen) atoms. The van der Waals surface area contributed by atoms with Crippen LogP contribution < -0.4 is 9.64 Å². The van der Waals surface area contributed by atoms with E-state index in [1.807, 2.05) is 53.4 Å². The maximum Gasteiger partial charge on any atom is 0.270 e. The molecule has 5 nitrogen and oxygen atoms in total. The number of ether oxygens (including phenoxy) is 1. The van der Waals surface area contributed by atoms with Gasteiger partial charge in [-0.3, -0.25) is 4.79 Å². The van der Waals surface area contributed by atoms with Crippen molar-refractivity contribution in [3.8, 4) is 5.75 Å². The van der Waals surface area contributed by atoms with Crippen LogP contribution in [0.15, 0.2) is 48.5 Å². The van der Waals surface area contributed by atoms with E-state index in [-0.39, 0.29) is 5.91 Å². The van der Waals surface area contributed by atoms with E-state index in [9.17, 15) is 4.79 Å². The van der Waals surface area contributed by atoms with Gasteiger partial charge in [0.2, 0.25) is 0 Å². The van der Waals surface area contributed by atoms with Crippen molar-refractivity contribution in [2.45, 2.75) is 0 Å². The van der Waals surface area contributed by atoms with Crippen molar-refractivity contribution in [1.82, 2.24) is 9.88 Å². The van der Waals surface area contributed by atoms with Crippen molar-refractivity contribution >= 4 is 34.1 Å². The van der Waals surface area contributed by atoms with Gasteiger partial charge in [-0.25, -0.2) is 0 Å². The lowest BCUT2D eigenvalue weighted by Crippen LogP contribution is -2.49. The fourth-order valence-corrected chi connectivity index (χ4v) is 3.63. The van der Waals surface area contributed by atoms with Gasteiger partial charge in [0.25, 0.3) is 5.91 Å². The fourth-order valence-electron chi connectivity index (χ4n) is 3.38. The molecule has 2 heterocycles. The summed E-state index contributed by atoms with van der Waals surface area (Å²) < 4.78 is 5.24. The quantitative estimate of drug-likeness (QED) is 0.764. The van der Waals surface area contributed by atoms with Crippen LogP contribution in [0.2, 0.25) is 5.02 Å². The number of hydrogen-bond donors (Lipinski definition) is 1. The molecule has 1 amide bonds. The molecule has 3 aromatic rings. The van der Waals surface area contributed by atoms with Crippen molar-refractivity contribution in [3.63, 3.8) is 0 Å². The minimum atomic E-state index is 0.0268. The van der Waals surface area contributed by atoms with Gasteiger partial charge in [0, 0.05) is 43.1 Å². The second-order valence-electron chi connectivity index (χ2n) is 6.37. The Bertz CT molecular complexity index is 945. The number of halogens is 1. The summed E-state index contributed by atoms with van der Waals surface area (Å²) in [7, 11) is 1.63. The largest absolute Gasteiger partial charge is 0.497 e. The van der Waals surface area contributed by atoms with Gasteiger partial charge >= 0.3 is 0 Å². The minimum Gasteiger partial charge on any atom is -0.497 e. The lowest BCUT2D eigenvalue weighted by molar-refractivity contribution is 0.0742. The maximum absolute atomic E-state index is 12.9. The lowest BCUT2D eigenvalue weighted by atomic mass is 10.2. The van der Waals surface area contributed by atoms with Gasteiger partial charge in [-0.05, 0) is 30.3 Å². The summed E-state index contributed by atoms with van der Waals surface area (Å²) >= 11 is 6.28. The molecule has 1 fully saturated rings. The van der Waals surface area contributed by atoms with Crippen molar-refractivity contribution < 1.29 is 9.53 Å². The van der Waals surface area contributed by atoms with Gasteiger partial charge < -0.3 is 19.5 Å². The fraction of sp³-hybridized carbons (Fsp3) is 0.250. The number of fused-ring (bicyclic) bond motifs is 1. The predicted molar refractivity (Wildman–Crippen MR) is 104 cm³/mol. The molecule has 134 valence electrons. The third-order valence-electron chi connectivity index (χ3n) is 4.82. The van der Waals surface area contributed by atoms with Gasteiger partial charge in [-0.2, -0.15) is 0 Å². The topological polar surface area (TPSA) is 48.6 Å². The Morgan fingerprint density at radius 2 is 1.85 bits per heavy atom. The number of carbonyl (C=O) groups is 1. The summed E-state index contributed by atoms with van der Waals surface area (Å²) in [6.45, 7) is 2.87. The number of nitrogens with one attached hydrogen (secondary N) is 1. The first-order chi connectivity index (χ1) is 12.7. The van der Waals surface area contributed by atoms with Crippen LogP contribution in [0, 0.1) is 0 Å². The number of benzene rings is 2. The molecular weight excluding hydrogens is 350 g/mol. The molecular formula is C20H20ClN3O2. The molecule has 1 aliphatic heterocycles. The number of aromatic nitrogens is 1. The van der Waals surface area contributed by atoms with Crippen LogP contribution >= 0.6 is 11.6 Å². The molecule has 1 N–H and O–H groups in total. The molecule has 4 rings (SSSR count). The molecule has 0 radical (unpaired) electrons. The van der Waals surface area contributed by atoms with E-state index < -0.39 is 0 Å². The molecule has 2 aromatic carbocycles.